The van der Waals surface area contributed by atoms with Gasteiger partial charge in [-0.2, -0.15) is 0 Å². The van der Waals surface area contributed by atoms with Crippen molar-refractivity contribution in [2.24, 2.45) is 22.8 Å². The summed E-state index contributed by atoms with van der Waals surface area (Å²) in [5.74, 6) is 0.376. The van der Waals surface area contributed by atoms with Crippen molar-refractivity contribution in [3.8, 4) is 0 Å². The van der Waals surface area contributed by atoms with E-state index in [0.29, 0.717) is 11.5 Å². The molecule has 1 aliphatic carbocycles. The van der Waals surface area contributed by atoms with Crippen LogP contribution < -0.4 is 11.5 Å². The van der Waals surface area contributed by atoms with Gasteiger partial charge in [-0.1, -0.05) is 45.4 Å². The molecule has 0 bridgehead atoms. The van der Waals surface area contributed by atoms with Gasteiger partial charge in [0.15, 0.2) is 5.78 Å². The maximum atomic E-state index is 11.8. The van der Waals surface area contributed by atoms with E-state index in [1.54, 1.807) is 13.1 Å². The molecular formula is C24H37N3O. The highest BCUT2D eigenvalue weighted by molar-refractivity contribution is 5.98. The molecule has 0 aromatic heterocycles. The topological polar surface area (TPSA) is 72.3 Å². The van der Waals surface area contributed by atoms with Crippen molar-refractivity contribution in [3.05, 3.63) is 59.1 Å². The summed E-state index contributed by atoms with van der Waals surface area (Å²) in [5.41, 5.74) is 17.8. The molecular weight excluding hydrogens is 346 g/mol. The van der Waals surface area contributed by atoms with Crippen LogP contribution in [-0.2, 0) is 4.79 Å². The molecule has 2 aliphatic rings. The van der Waals surface area contributed by atoms with Crippen LogP contribution >= 0.6 is 0 Å². The van der Waals surface area contributed by atoms with Crippen molar-refractivity contribution in [3.63, 3.8) is 0 Å². The monoisotopic (exact) mass is 383 g/mol. The summed E-state index contributed by atoms with van der Waals surface area (Å²) in [4.78, 5) is 13.9. The standard InChI is InChI=1S/C24H37N3O/c1-7-8-18(14-25)12-19(21-9-10-24(4,5)23(21)26)13-20-11-16(2)22(17(3)28)15-27(20)6/h11-12,14-15,21,23H,2,7-10,13,25-26H2,1,3-6H3/b18-14-,19-12+. The highest BCUT2D eigenvalue weighted by atomic mass is 16.1. The number of carbonyl (C=O) groups excluding carboxylic acids is 1. The highest BCUT2D eigenvalue weighted by Gasteiger charge is 2.41. The van der Waals surface area contributed by atoms with Crippen molar-refractivity contribution in [1.82, 2.24) is 4.90 Å². The van der Waals surface area contributed by atoms with Crippen molar-refractivity contribution >= 4 is 5.78 Å². The fraction of sp³-hybridized carbons (Fsp3) is 0.542. The van der Waals surface area contributed by atoms with Gasteiger partial charge in [-0.25, -0.2) is 0 Å². The normalized spacial score (nSPS) is 25.6. The van der Waals surface area contributed by atoms with Gasteiger partial charge < -0.3 is 16.4 Å². The number of hydrogen-bond donors (Lipinski definition) is 2. The Hall–Kier alpha value is -2.07. The summed E-state index contributed by atoms with van der Waals surface area (Å²) in [6.45, 7) is 12.3. The zero-order valence-electron chi connectivity index (χ0n) is 18.2. The van der Waals surface area contributed by atoms with Crippen LogP contribution in [0.1, 0.15) is 59.8 Å². The molecule has 1 heterocycles. The first-order chi connectivity index (χ1) is 13.1. The average molecular weight is 384 g/mol. The SMILES string of the molecule is C=C1C=C(C/C(=C\C(=C/N)CCC)C2CCC(C)(C)C2N)N(C)C=C1C(C)=O. The van der Waals surface area contributed by atoms with Crippen LogP contribution in [0, 0.1) is 11.3 Å². The third kappa shape index (κ3) is 4.85. The van der Waals surface area contributed by atoms with Crippen LogP contribution in [0.15, 0.2) is 59.1 Å². The zero-order valence-corrected chi connectivity index (χ0v) is 18.2. The number of nitrogens with zero attached hydrogens (tertiary/aromatic N) is 1. The number of nitrogens with two attached hydrogens (primary N) is 2. The van der Waals surface area contributed by atoms with Crippen LogP contribution in [-0.4, -0.2) is 23.8 Å². The fourth-order valence-electron chi connectivity index (χ4n) is 4.30. The molecule has 0 aromatic carbocycles. The van der Waals surface area contributed by atoms with Crippen molar-refractivity contribution in [1.29, 1.82) is 0 Å². The molecule has 0 amide bonds. The Morgan fingerprint density at radius 2 is 2.11 bits per heavy atom. The van der Waals surface area contributed by atoms with Gasteiger partial charge in [-0.15, -0.1) is 0 Å². The van der Waals surface area contributed by atoms with Gasteiger partial charge in [0.05, 0.1) is 0 Å². The molecule has 0 radical (unpaired) electrons. The molecule has 1 fully saturated rings. The molecule has 28 heavy (non-hydrogen) atoms. The summed E-state index contributed by atoms with van der Waals surface area (Å²) >= 11 is 0. The summed E-state index contributed by atoms with van der Waals surface area (Å²) in [6.07, 6.45) is 12.9. The zero-order chi connectivity index (χ0) is 21.1. The summed E-state index contributed by atoms with van der Waals surface area (Å²) in [6, 6.07) is 0.125. The number of hydrogen-bond acceptors (Lipinski definition) is 4. The summed E-state index contributed by atoms with van der Waals surface area (Å²) in [5, 5.41) is 0. The maximum absolute atomic E-state index is 11.8. The molecule has 4 N–H and O–H groups in total. The third-order valence-electron chi connectivity index (χ3n) is 6.26. The van der Waals surface area contributed by atoms with Crippen LogP contribution in [0.2, 0.25) is 0 Å². The van der Waals surface area contributed by atoms with Crippen molar-refractivity contribution < 1.29 is 4.79 Å². The molecule has 154 valence electrons. The van der Waals surface area contributed by atoms with Crippen molar-refractivity contribution in [2.45, 2.75) is 65.8 Å². The number of rotatable bonds is 7. The van der Waals surface area contributed by atoms with Crippen molar-refractivity contribution in [2.75, 3.05) is 7.05 Å². The Bertz CT molecular complexity index is 752. The van der Waals surface area contributed by atoms with Gasteiger partial charge in [0, 0.05) is 37.0 Å². The van der Waals surface area contributed by atoms with E-state index in [1.807, 2.05) is 24.2 Å². The number of allylic oxidation sites excluding steroid dienone is 6. The van der Waals surface area contributed by atoms with Gasteiger partial charge in [0.2, 0.25) is 0 Å². The van der Waals surface area contributed by atoms with E-state index >= 15 is 0 Å². The van der Waals surface area contributed by atoms with E-state index in [9.17, 15) is 4.79 Å². The smallest absolute Gasteiger partial charge is 0.161 e. The largest absolute Gasteiger partial charge is 0.404 e. The van der Waals surface area contributed by atoms with E-state index < -0.39 is 0 Å². The second kappa shape index (κ2) is 8.95. The molecule has 4 heteroatoms. The molecule has 0 saturated heterocycles. The molecule has 4 nitrogen and oxygen atoms in total. The number of ketones is 1. The first-order valence-electron chi connectivity index (χ1n) is 10.3. The lowest BCUT2D eigenvalue weighted by Gasteiger charge is -2.31. The molecule has 1 aliphatic heterocycles. The van der Waals surface area contributed by atoms with Crippen LogP contribution in [0.5, 0.6) is 0 Å². The Labute approximate surface area is 170 Å². The lowest BCUT2D eigenvalue weighted by molar-refractivity contribution is -0.113. The highest BCUT2D eigenvalue weighted by Crippen LogP contribution is 2.45. The lowest BCUT2D eigenvalue weighted by Crippen LogP contribution is -2.38. The van der Waals surface area contributed by atoms with Crippen LogP contribution in [0.25, 0.3) is 0 Å². The fourth-order valence-corrected chi connectivity index (χ4v) is 4.30. The third-order valence-corrected chi connectivity index (χ3v) is 6.26. The first-order valence-corrected chi connectivity index (χ1v) is 10.3. The maximum Gasteiger partial charge on any atom is 0.161 e. The van der Waals surface area contributed by atoms with E-state index in [2.05, 4.69) is 33.4 Å². The van der Waals surface area contributed by atoms with Gasteiger partial charge in [0.25, 0.3) is 0 Å². The Morgan fingerprint density at radius 1 is 1.43 bits per heavy atom. The van der Waals surface area contributed by atoms with Crippen LogP contribution in [0.4, 0.5) is 0 Å². The Balaban J connectivity index is 2.36. The Kier molecular flexibility index (Phi) is 7.11. The molecule has 2 rings (SSSR count). The molecule has 0 aromatic rings. The first kappa shape index (κ1) is 22.2. The predicted octanol–water partition coefficient (Wildman–Crippen LogP) is 4.57. The lowest BCUT2D eigenvalue weighted by atomic mass is 9.81. The van der Waals surface area contributed by atoms with E-state index in [-0.39, 0.29) is 17.2 Å². The summed E-state index contributed by atoms with van der Waals surface area (Å²) < 4.78 is 0. The Morgan fingerprint density at radius 3 is 2.61 bits per heavy atom. The minimum Gasteiger partial charge on any atom is -0.404 e. The van der Waals surface area contributed by atoms with E-state index in [0.717, 1.165) is 48.9 Å². The molecule has 2 unspecified atom stereocenters. The number of Topliss-reactive ketones (excluding diaryl/α,β-unsaturated/α-hetero) is 1. The second-order valence-electron chi connectivity index (χ2n) is 8.92. The molecule has 0 spiro atoms. The second-order valence-corrected chi connectivity index (χ2v) is 8.92. The van der Waals surface area contributed by atoms with Crippen LogP contribution in [0.3, 0.4) is 0 Å². The van der Waals surface area contributed by atoms with E-state index in [1.165, 1.54) is 5.57 Å². The quantitative estimate of drug-likeness (QED) is 0.632. The molecule has 1 saturated carbocycles. The predicted molar refractivity (Wildman–Crippen MR) is 118 cm³/mol. The van der Waals surface area contributed by atoms with Gasteiger partial charge >= 0.3 is 0 Å². The molecule has 2 atom stereocenters. The van der Waals surface area contributed by atoms with Gasteiger partial charge in [-0.05, 0) is 60.9 Å². The summed E-state index contributed by atoms with van der Waals surface area (Å²) in [7, 11) is 1.99. The minimum absolute atomic E-state index is 0.0405. The van der Waals surface area contributed by atoms with Gasteiger partial charge in [0.1, 0.15) is 0 Å². The van der Waals surface area contributed by atoms with Gasteiger partial charge in [-0.3, -0.25) is 4.79 Å². The van der Waals surface area contributed by atoms with E-state index in [4.69, 9.17) is 11.5 Å². The number of carbonyl (C=O) groups is 1. The average Bonchev–Trinajstić information content (AvgIpc) is 2.89. The minimum atomic E-state index is 0.0405.